The van der Waals surface area contributed by atoms with Gasteiger partial charge in [-0.1, -0.05) is 6.92 Å². The molecule has 7 nitrogen and oxygen atoms in total. The molecule has 0 atom stereocenters. The number of nitrogens with one attached hydrogen (secondary N) is 1. The molecule has 0 aliphatic carbocycles. The molecule has 0 saturated carbocycles. The van der Waals surface area contributed by atoms with Gasteiger partial charge in [0.1, 0.15) is 0 Å². The van der Waals surface area contributed by atoms with E-state index in [1.807, 2.05) is 11.6 Å². The highest BCUT2D eigenvalue weighted by Crippen LogP contribution is 2.17. The Morgan fingerprint density at radius 3 is 2.59 bits per heavy atom. The molecule has 124 valence electrons. The van der Waals surface area contributed by atoms with Crippen molar-refractivity contribution in [1.82, 2.24) is 19.4 Å². The summed E-state index contributed by atoms with van der Waals surface area (Å²) < 4.78 is 26.9. The van der Waals surface area contributed by atoms with Crippen LogP contribution in [0.2, 0.25) is 0 Å². The van der Waals surface area contributed by atoms with Crippen LogP contribution in [0.5, 0.6) is 0 Å². The van der Waals surface area contributed by atoms with Gasteiger partial charge in [0.15, 0.2) is 0 Å². The summed E-state index contributed by atoms with van der Waals surface area (Å²) in [6, 6.07) is -0.0806. The number of rotatable bonds is 5. The number of carbonyl (C=O) groups excluding carboxylic acids is 1. The zero-order valence-corrected chi connectivity index (χ0v) is 14.2. The molecule has 2 rings (SSSR count). The zero-order chi connectivity index (χ0) is 16.3. The maximum absolute atomic E-state index is 12.6. The molecule has 0 radical (unpaired) electrons. The first-order valence-electron chi connectivity index (χ1n) is 7.60. The summed E-state index contributed by atoms with van der Waals surface area (Å²) in [5, 5.41) is 4.26. The highest BCUT2D eigenvalue weighted by molar-refractivity contribution is 7.88. The normalized spacial score (nSPS) is 17.0. The number of aromatic nitrogens is 2. The van der Waals surface area contributed by atoms with E-state index in [0.717, 1.165) is 24.9 Å². The predicted octanol–water partition coefficient (Wildman–Crippen LogP) is 0.755. The molecule has 1 N–H and O–H groups in total. The van der Waals surface area contributed by atoms with Crippen LogP contribution >= 0.6 is 0 Å². The number of carbonyl (C=O) groups is 1. The molecule has 1 fully saturated rings. The molecular formula is C14H24N4O3S. The number of piperidine rings is 1. The van der Waals surface area contributed by atoms with E-state index in [4.69, 9.17) is 0 Å². The van der Waals surface area contributed by atoms with E-state index >= 15 is 0 Å². The van der Waals surface area contributed by atoms with E-state index in [-0.39, 0.29) is 11.9 Å². The molecule has 0 aromatic carbocycles. The minimum atomic E-state index is -3.19. The topological polar surface area (TPSA) is 84.3 Å². The maximum Gasteiger partial charge on any atom is 0.257 e. The van der Waals surface area contributed by atoms with E-state index < -0.39 is 10.0 Å². The van der Waals surface area contributed by atoms with Crippen molar-refractivity contribution in [2.45, 2.75) is 45.7 Å². The molecule has 1 aliphatic rings. The molecule has 8 heteroatoms. The number of hydrogen-bond acceptors (Lipinski definition) is 4. The molecule has 0 spiro atoms. The fraction of sp³-hybridized carbons (Fsp3) is 0.714. The third kappa shape index (κ3) is 4.07. The number of aryl methyl sites for hydroxylation is 1. The van der Waals surface area contributed by atoms with Crippen molar-refractivity contribution in [1.29, 1.82) is 0 Å². The van der Waals surface area contributed by atoms with E-state index in [1.54, 1.807) is 11.1 Å². The van der Waals surface area contributed by atoms with Crippen LogP contribution in [-0.4, -0.2) is 54.4 Å². The van der Waals surface area contributed by atoms with Crippen LogP contribution < -0.4 is 4.72 Å². The number of likely N-dealkylation sites (tertiary alicyclic amines) is 1. The molecule has 1 aliphatic heterocycles. The van der Waals surface area contributed by atoms with Gasteiger partial charge in [-0.05, 0) is 26.2 Å². The van der Waals surface area contributed by atoms with Gasteiger partial charge < -0.3 is 4.90 Å². The van der Waals surface area contributed by atoms with Crippen molar-refractivity contribution in [3.05, 3.63) is 17.5 Å². The second-order valence-electron chi connectivity index (χ2n) is 5.82. The Morgan fingerprint density at radius 2 is 2.05 bits per heavy atom. The van der Waals surface area contributed by atoms with Crippen LogP contribution in [0.4, 0.5) is 0 Å². The number of amides is 1. The van der Waals surface area contributed by atoms with Gasteiger partial charge in [-0.3, -0.25) is 9.48 Å². The molecule has 1 amide bonds. The van der Waals surface area contributed by atoms with E-state index in [1.165, 1.54) is 0 Å². The number of nitrogens with zero attached hydrogens (tertiary/aromatic N) is 3. The Morgan fingerprint density at radius 1 is 1.41 bits per heavy atom. The van der Waals surface area contributed by atoms with Crippen LogP contribution in [0, 0.1) is 6.92 Å². The second kappa shape index (κ2) is 6.78. The quantitative estimate of drug-likeness (QED) is 0.865. The largest absolute Gasteiger partial charge is 0.338 e. The lowest BCUT2D eigenvalue weighted by Gasteiger charge is -2.31. The lowest BCUT2D eigenvalue weighted by atomic mass is 10.1. The molecule has 1 aromatic heterocycles. The van der Waals surface area contributed by atoms with Crippen LogP contribution in [0.15, 0.2) is 6.20 Å². The molecule has 2 heterocycles. The standard InChI is InChI=1S/C14H24N4O3S/c1-4-7-18-11(2)13(10-15-18)14(19)17-8-5-12(6-9-17)16-22(3,20)21/h10,12,16H,4-9H2,1-3H3. The van der Waals surface area contributed by atoms with Crippen molar-refractivity contribution in [2.75, 3.05) is 19.3 Å². The third-order valence-electron chi connectivity index (χ3n) is 3.93. The van der Waals surface area contributed by atoms with Crippen molar-refractivity contribution >= 4 is 15.9 Å². The van der Waals surface area contributed by atoms with Crippen molar-refractivity contribution in [3.8, 4) is 0 Å². The van der Waals surface area contributed by atoms with Crippen LogP contribution in [-0.2, 0) is 16.6 Å². The van der Waals surface area contributed by atoms with E-state index in [9.17, 15) is 13.2 Å². The van der Waals surface area contributed by atoms with Crippen molar-refractivity contribution < 1.29 is 13.2 Å². The maximum atomic E-state index is 12.6. The van der Waals surface area contributed by atoms with Gasteiger partial charge in [0.25, 0.3) is 5.91 Å². The van der Waals surface area contributed by atoms with Crippen molar-refractivity contribution in [2.24, 2.45) is 0 Å². The number of hydrogen-bond donors (Lipinski definition) is 1. The first kappa shape index (κ1) is 17.0. The van der Waals surface area contributed by atoms with E-state index in [0.29, 0.717) is 31.5 Å². The first-order valence-corrected chi connectivity index (χ1v) is 9.50. The molecule has 0 unspecified atom stereocenters. The Labute approximate surface area is 131 Å². The third-order valence-corrected chi connectivity index (χ3v) is 4.69. The molecule has 22 heavy (non-hydrogen) atoms. The van der Waals surface area contributed by atoms with Gasteiger partial charge in [-0.2, -0.15) is 5.10 Å². The van der Waals surface area contributed by atoms with Gasteiger partial charge in [0.2, 0.25) is 10.0 Å². The predicted molar refractivity (Wildman–Crippen MR) is 84.2 cm³/mol. The fourth-order valence-electron chi connectivity index (χ4n) is 2.77. The average Bonchev–Trinajstić information content (AvgIpc) is 2.79. The summed E-state index contributed by atoms with van der Waals surface area (Å²) in [6.07, 6.45) is 5.05. The Hall–Kier alpha value is -1.41. The minimum absolute atomic E-state index is 0.0161. The monoisotopic (exact) mass is 328 g/mol. The minimum Gasteiger partial charge on any atom is -0.338 e. The molecule has 1 aromatic rings. The summed E-state index contributed by atoms with van der Waals surface area (Å²) in [5.41, 5.74) is 1.53. The first-order chi connectivity index (χ1) is 10.3. The smallest absolute Gasteiger partial charge is 0.257 e. The lowest BCUT2D eigenvalue weighted by molar-refractivity contribution is 0.0710. The fourth-order valence-corrected chi connectivity index (χ4v) is 3.61. The van der Waals surface area contributed by atoms with Gasteiger partial charge in [-0.25, -0.2) is 13.1 Å². The van der Waals surface area contributed by atoms with Gasteiger partial charge in [0, 0.05) is 31.4 Å². The van der Waals surface area contributed by atoms with Crippen LogP contribution in [0.3, 0.4) is 0 Å². The van der Waals surface area contributed by atoms with E-state index in [2.05, 4.69) is 16.7 Å². The summed E-state index contributed by atoms with van der Waals surface area (Å²) in [7, 11) is -3.19. The molecule has 1 saturated heterocycles. The van der Waals surface area contributed by atoms with Gasteiger partial charge in [-0.15, -0.1) is 0 Å². The van der Waals surface area contributed by atoms with Crippen molar-refractivity contribution in [3.63, 3.8) is 0 Å². The summed E-state index contributed by atoms with van der Waals surface area (Å²) in [4.78, 5) is 14.3. The summed E-state index contributed by atoms with van der Waals surface area (Å²) in [5.74, 6) is -0.0161. The highest BCUT2D eigenvalue weighted by atomic mass is 32.2. The summed E-state index contributed by atoms with van der Waals surface area (Å²) in [6.45, 7) is 5.91. The molecule has 0 bridgehead atoms. The number of sulfonamides is 1. The molecular weight excluding hydrogens is 304 g/mol. The lowest BCUT2D eigenvalue weighted by Crippen LogP contribution is -2.46. The average molecular weight is 328 g/mol. The highest BCUT2D eigenvalue weighted by Gasteiger charge is 2.27. The Bertz CT molecular complexity index is 631. The van der Waals surface area contributed by atoms with Gasteiger partial charge >= 0.3 is 0 Å². The van der Waals surface area contributed by atoms with Gasteiger partial charge in [0.05, 0.1) is 18.0 Å². The summed E-state index contributed by atoms with van der Waals surface area (Å²) >= 11 is 0. The zero-order valence-electron chi connectivity index (χ0n) is 13.4. The van der Waals surface area contributed by atoms with Crippen LogP contribution in [0.1, 0.15) is 42.2 Å². The Kier molecular flexibility index (Phi) is 5.23. The SMILES string of the molecule is CCCn1ncc(C(=O)N2CCC(NS(C)(=O)=O)CC2)c1C. The van der Waals surface area contributed by atoms with Crippen LogP contribution in [0.25, 0.3) is 0 Å². The Balaban J connectivity index is 1.98. The second-order valence-corrected chi connectivity index (χ2v) is 7.60.